The lowest BCUT2D eigenvalue weighted by Crippen LogP contribution is -2.36. The average molecular weight is 431 g/mol. The summed E-state index contributed by atoms with van der Waals surface area (Å²) in [5.41, 5.74) is 2.32. The number of nitrogens with zero attached hydrogens (tertiary/aromatic N) is 1. The summed E-state index contributed by atoms with van der Waals surface area (Å²) in [5.74, 6) is 1.59. The monoisotopic (exact) mass is 430 g/mol. The highest BCUT2D eigenvalue weighted by atomic mass is 32.2. The lowest BCUT2D eigenvalue weighted by molar-refractivity contribution is -0.118. The number of aryl methyl sites for hydroxylation is 1. The van der Waals surface area contributed by atoms with E-state index in [0.29, 0.717) is 55.7 Å². The highest BCUT2D eigenvalue weighted by Gasteiger charge is 2.25. The molecule has 2 heterocycles. The zero-order chi connectivity index (χ0) is 21.3. The SMILES string of the molecule is CC(C)CCN1C(=O)CCc2cc(NS(=O)(=O)c3ccc4c(c3)OCCO4)ccc21. The summed E-state index contributed by atoms with van der Waals surface area (Å²) in [6, 6.07) is 9.93. The maximum atomic E-state index is 12.9. The topological polar surface area (TPSA) is 84.9 Å². The highest BCUT2D eigenvalue weighted by Crippen LogP contribution is 2.34. The third-order valence-electron chi connectivity index (χ3n) is 5.29. The van der Waals surface area contributed by atoms with Crippen LogP contribution in [0, 0.1) is 5.92 Å². The van der Waals surface area contributed by atoms with Crippen LogP contribution in [0.2, 0.25) is 0 Å². The number of nitrogens with one attached hydrogen (secondary N) is 1. The molecule has 0 aliphatic carbocycles. The first-order valence-corrected chi connectivity index (χ1v) is 11.7. The van der Waals surface area contributed by atoms with Crippen molar-refractivity contribution in [3.63, 3.8) is 0 Å². The highest BCUT2D eigenvalue weighted by molar-refractivity contribution is 7.92. The predicted octanol–water partition coefficient (Wildman–Crippen LogP) is 3.58. The summed E-state index contributed by atoms with van der Waals surface area (Å²) in [4.78, 5) is 14.3. The summed E-state index contributed by atoms with van der Waals surface area (Å²) in [6.07, 6.45) is 1.96. The number of amides is 1. The minimum atomic E-state index is -3.79. The Bertz CT molecular complexity index is 1070. The van der Waals surface area contributed by atoms with Crippen LogP contribution in [0.4, 0.5) is 11.4 Å². The minimum Gasteiger partial charge on any atom is -0.486 e. The van der Waals surface area contributed by atoms with Crippen LogP contribution in [-0.4, -0.2) is 34.1 Å². The van der Waals surface area contributed by atoms with E-state index in [-0.39, 0.29) is 10.8 Å². The van der Waals surface area contributed by atoms with Gasteiger partial charge >= 0.3 is 0 Å². The Kier molecular flexibility index (Phi) is 5.60. The van der Waals surface area contributed by atoms with Crippen LogP contribution in [-0.2, 0) is 21.2 Å². The zero-order valence-corrected chi connectivity index (χ0v) is 18.0. The van der Waals surface area contributed by atoms with Crippen molar-refractivity contribution in [2.24, 2.45) is 5.92 Å². The molecule has 4 rings (SSSR count). The molecule has 0 unspecified atom stereocenters. The van der Waals surface area contributed by atoms with Crippen molar-refractivity contribution in [1.82, 2.24) is 0 Å². The lowest BCUT2D eigenvalue weighted by Gasteiger charge is -2.30. The van der Waals surface area contributed by atoms with E-state index in [0.717, 1.165) is 17.7 Å². The molecule has 1 N–H and O–H groups in total. The van der Waals surface area contributed by atoms with Crippen LogP contribution >= 0.6 is 0 Å². The molecule has 160 valence electrons. The van der Waals surface area contributed by atoms with Gasteiger partial charge in [0.2, 0.25) is 5.91 Å². The van der Waals surface area contributed by atoms with Crippen molar-refractivity contribution >= 4 is 27.3 Å². The standard InChI is InChI=1S/C22H26N2O5S/c1-15(2)9-10-24-19-6-4-17(13-16(19)3-8-22(24)25)23-30(26,27)18-5-7-20-21(14-18)29-12-11-28-20/h4-7,13-15,23H,3,8-12H2,1-2H3. The molecule has 2 aromatic carbocycles. The van der Waals surface area contributed by atoms with Crippen LogP contribution < -0.4 is 19.1 Å². The summed E-state index contributed by atoms with van der Waals surface area (Å²) < 4.78 is 39.3. The molecule has 2 aliphatic rings. The second-order valence-corrected chi connectivity index (χ2v) is 9.66. The van der Waals surface area contributed by atoms with Crippen LogP contribution in [0.5, 0.6) is 11.5 Å². The molecule has 0 bridgehead atoms. The Morgan fingerprint density at radius 3 is 2.57 bits per heavy atom. The van der Waals surface area contributed by atoms with Crippen molar-refractivity contribution in [2.45, 2.75) is 38.0 Å². The number of benzene rings is 2. The maximum Gasteiger partial charge on any atom is 0.262 e. The quantitative estimate of drug-likeness (QED) is 0.757. The molecule has 0 spiro atoms. The van der Waals surface area contributed by atoms with Crippen LogP contribution in [0.3, 0.4) is 0 Å². The van der Waals surface area contributed by atoms with Crippen molar-refractivity contribution in [3.05, 3.63) is 42.0 Å². The minimum absolute atomic E-state index is 0.109. The van der Waals surface area contributed by atoms with Gasteiger partial charge in [0, 0.05) is 30.4 Å². The zero-order valence-electron chi connectivity index (χ0n) is 17.2. The Balaban J connectivity index is 1.56. The molecule has 0 atom stereocenters. The fourth-order valence-electron chi connectivity index (χ4n) is 3.66. The van der Waals surface area contributed by atoms with Gasteiger partial charge in [0.05, 0.1) is 4.90 Å². The van der Waals surface area contributed by atoms with Gasteiger partial charge in [-0.3, -0.25) is 9.52 Å². The average Bonchev–Trinajstić information content (AvgIpc) is 2.72. The summed E-state index contributed by atoms with van der Waals surface area (Å²) >= 11 is 0. The van der Waals surface area contributed by atoms with Gasteiger partial charge in [-0.15, -0.1) is 0 Å². The summed E-state index contributed by atoms with van der Waals surface area (Å²) in [5, 5.41) is 0. The number of ether oxygens (including phenoxy) is 2. The van der Waals surface area contributed by atoms with Gasteiger partial charge in [0.25, 0.3) is 10.0 Å². The normalized spacial score (nSPS) is 15.8. The fraction of sp³-hybridized carbons (Fsp3) is 0.409. The van der Waals surface area contributed by atoms with Crippen molar-refractivity contribution in [3.8, 4) is 11.5 Å². The number of sulfonamides is 1. The molecule has 30 heavy (non-hydrogen) atoms. The Morgan fingerprint density at radius 1 is 1.03 bits per heavy atom. The van der Waals surface area contributed by atoms with E-state index in [9.17, 15) is 13.2 Å². The molecule has 0 fully saturated rings. The molecule has 7 nitrogen and oxygen atoms in total. The third-order valence-corrected chi connectivity index (χ3v) is 6.66. The van der Waals surface area contributed by atoms with E-state index in [1.54, 1.807) is 12.1 Å². The number of fused-ring (bicyclic) bond motifs is 2. The Morgan fingerprint density at radius 2 is 1.80 bits per heavy atom. The molecular weight excluding hydrogens is 404 g/mol. The van der Waals surface area contributed by atoms with Gasteiger partial charge in [-0.1, -0.05) is 13.8 Å². The Hall–Kier alpha value is -2.74. The van der Waals surface area contributed by atoms with E-state index >= 15 is 0 Å². The largest absolute Gasteiger partial charge is 0.486 e. The molecule has 2 aliphatic heterocycles. The van der Waals surface area contributed by atoms with Crippen LogP contribution in [0.25, 0.3) is 0 Å². The van der Waals surface area contributed by atoms with Crippen molar-refractivity contribution in [2.75, 3.05) is 29.4 Å². The first-order valence-electron chi connectivity index (χ1n) is 10.2. The van der Waals surface area contributed by atoms with Gasteiger partial charge in [-0.05, 0) is 54.7 Å². The third kappa shape index (κ3) is 4.23. The molecular formula is C22H26N2O5S. The lowest BCUT2D eigenvalue weighted by atomic mass is 9.99. The maximum absolute atomic E-state index is 12.9. The van der Waals surface area contributed by atoms with E-state index in [1.807, 2.05) is 17.0 Å². The molecule has 0 saturated carbocycles. The van der Waals surface area contributed by atoms with Gasteiger partial charge in [0.1, 0.15) is 13.2 Å². The molecule has 2 aromatic rings. The van der Waals surface area contributed by atoms with Gasteiger partial charge in [-0.2, -0.15) is 0 Å². The number of hydrogen-bond donors (Lipinski definition) is 1. The molecule has 8 heteroatoms. The van der Waals surface area contributed by atoms with Gasteiger partial charge < -0.3 is 14.4 Å². The smallest absolute Gasteiger partial charge is 0.262 e. The molecule has 0 aromatic heterocycles. The Labute approximate surface area is 177 Å². The van der Waals surface area contributed by atoms with E-state index in [1.165, 1.54) is 12.1 Å². The number of rotatable bonds is 6. The fourth-order valence-corrected chi connectivity index (χ4v) is 4.73. The predicted molar refractivity (Wildman–Crippen MR) is 115 cm³/mol. The first-order chi connectivity index (χ1) is 14.3. The van der Waals surface area contributed by atoms with Crippen molar-refractivity contribution < 1.29 is 22.7 Å². The van der Waals surface area contributed by atoms with Crippen LogP contribution in [0.1, 0.15) is 32.3 Å². The second-order valence-electron chi connectivity index (χ2n) is 7.98. The molecule has 1 amide bonds. The first kappa shape index (κ1) is 20.5. The van der Waals surface area contributed by atoms with Crippen LogP contribution in [0.15, 0.2) is 41.3 Å². The van der Waals surface area contributed by atoms with E-state index < -0.39 is 10.0 Å². The van der Waals surface area contributed by atoms with Gasteiger partial charge in [-0.25, -0.2) is 8.42 Å². The number of carbonyl (C=O) groups excluding carboxylic acids is 1. The molecule has 0 saturated heterocycles. The van der Waals surface area contributed by atoms with Gasteiger partial charge in [0.15, 0.2) is 11.5 Å². The number of anilines is 2. The number of carbonyl (C=O) groups is 1. The van der Waals surface area contributed by atoms with E-state index in [4.69, 9.17) is 9.47 Å². The second kappa shape index (κ2) is 8.18. The van der Waals surface area contributed by atoms with E-state index in [2.05, 4.69) is 18.6 Å². The number of hydrogen-bond acceptors (Lipinski definition) is 5. The summed E-state index contributed by atoms with van der Waals surface area (Å²) in [6.45, 7) is 5.77. The summed E-state index contributed by atoms with van der Waals surface area (Å²) in [7, 11) is -3.79. The van der Waals surface area contributed by atoms with Crippen molar-refractivity contribution in [1.29, 1.82) is 0 Å². The molecule has 0 radical (unpaired) electrons.